The Morgan fingerprint density at radius 3 is 2.12 bits per heavy atom. The molecule has 178 valence electrons. The van der Waals surface area contributed by atoms with Crippen LogP contribution in [-0.2, 0) is 29.0 Å². The molecule has 0 heterocycles. The van der Waals surface area contributed by atoms with Crippen LogP contribution in [0.2, 0.25) is 0 Å². The van der Waals surface area contributed by atoms with E-state index in [9.17, 15) is 14.0 Å². The van der Waals surface area contributed by atoms with Gasteiger partial charge in [-0.2, -0.15) is 0 Å². The Balaban J connectivity index is 1.95. The van der Waals surface area contributed by atoms with Crippen LogP contribution in [0.25, 0.3) is 0 Å². The number of rotatable bonds is 10. The van der Waals surface area contributed by atoms with Crippen LogP contribution in [0.4, 0.5) is 4.39 Å². The highest BCUT2D eigenvalue weighted by molar-refractivity contribution is 5.89. The average molecular weight is 461 g/mol. The molecule has 3 rings (SSSR count). The monoisotopic (exact) mass is 460 g/mol. The maximum atomic E-state index is 13.6. The van der Waals surface area contributed by atoms with Crippen molar-refractivity contribution < 1.29 is 14.0 Å². The largest absolute Gasteiger partial charge is 0.352 e. The minimum Gasteiger partial charge on any atom is -0.352 e. The fraction of sp³-hybridized carbons (Fsp3) is 0.310. The van der Waals surface area contributed by atoms with Crippen molar-refractivity contribution in [2.75, 3.05) is 0 Å². The van der Waals surface area contributed by atoms with Crippen LogP contribution in [-0.4, -0.2) is 28.8 Å². The van der Waals surface area contributed by atoms with E-state index in [1.165, 1.54) is 12.1 Å². The first kappa shape index (κ1) is 25.2. The van der Waals surface area contributed by atoms with Crippen LogP contribution in [0.5, 0.6) is 0 Å². The van der Waals surface area contributed by atoms with Gasteiger partial charge in [0.05, 0.1) is 6.42 Å². The number of hydrogen-bond acceptors (Lipinski definition) is 2. The zero-order chi connectivity index (χ0) is 24.5. The van der Waals surface area contributed by atoms with Gasteiger partial charge in [-0.1, -0.05) is 79.2 Å². The Morgan fingerprint density at radius 2 is 1.50 bits per heavy atom. The average Bonchev–Trinajstić information content (AvgIpc) is 2.84. The first-order valence-corrected chi connectivity index (χ1v) is 11.8. The number of nitrogens with one attached hydrogen (secondary N) is 1. The highest BCUT2D eigenvalue weighted by atomic mass is 19.1. The van der Waals surface area contributed by atoms with E-state index < -0.39 is 6.04 Å². The number of nitrogens with zero attached hydrogens (tertiary/aromatic N) is 1. The second-order valence-electron chi connectivity index (χ2n) is 8.83. The Labute approximate surface area is 201 Å². The maximum absolute atomic E-state index is 13.6. The summed E-state index contributed by atoms with van der Waals surface area (Å²) in [6.07, 6.45) is 1.37. The lowest BCUT2D eigenvalue weighted by Gasteiger charge is -2.32. The van der Waals surface area contributed by atoms with Gasteiger partial charge in [-0.15, -0.1) is 0 Å². The van der Waals surface area contributed by atoms with Crippen molar-refractivity contribution in [2.45, 2.75) is 58.7 Å². The van der Waals surface area contributed by atoms with Crippen LogP contribution in [0, 0.1) is 12.7 Å². The fourth-order valence-electron chi connectivity index (χ4n) is 3.76. The molecular weight excluding hydrogens is 427 g/mol. The smallest absolute Gasteiger partial charge is 0.243 e. The summed E-state index contributed by atoms with van der Waals surface area (Å²) in [4.78, 5) is 28.7. The molecule has 0 spiro atoms. The van der Waals surface area contributed by atoms with E-state index in [-0.39, 0.29) is 36.6 Å². The quantitative estimate of drug-likeness (QED) is 0.450. The molecule has 2 atom stereocenters. The Hall–Kier alpha value is -3.47. The number of benzene rings is 3. The van der Waals surface area contributed by atoms with Gasteiger partial charge in [0.15, 0.2) is 0 Å². The van der Waals surface area contributed by atoms with E-state index in [1.807, 2.05) is 75.4 Å². The van der Waals surface area contributed by atoms with Gasteiger partial charge in [-0.25, -0.2) is 4.39 Å². The summed E-state index contributed by atoms with van der Waals surface area (Å²) in [6.45, 7) is 6.18. The molecule has 0 saturated heterocycles. The molecule has 3 aromatic rings. The lowest BCUT2D eigenvalue weighted by Crippen LogP contribution is -2.52. The summed E-state index contributed by atoms with van der Waals surface area (Å²) < 4.78 is 13.5. The third kappa shape index (κ3) is 7.27. The highest BCUT2D eigenvalue weighted by Crippen LogP contribution is 2.17. The molecule has 2 amide bonds. The van der Waals surface area contributed by atoms with E-state index in [0.29, 0.717) is 6.42 Å². The molecule has 0 aliphatic rings. The number of halogens is 1. The molecule has 0 aliphatic carbocycles. The number of aryl methyl sites for hydroxylation is 1. The SMILES string of the molecule is CC[C@@H](C)NC(=O)[C@H](Cc1ccccc1)N(Cc1ccc(F)cc1)C(=O)Cc1ccc(C)cc1. The van der Waals surface area contributed by atoms with Gasteiger partial charge in [0.25, 0.3) is 0 Å². The molecule has 0 aromatic heterocycles. The van der Waals surface area contributed by atoms with Crippen LogP contribution >= 0.6 is 0 Å². The van der Waals surface area contributed by atoms with Crippen LogP contribution in [0.1, 0.15) is 42.5 Å². The molecule has 0 aliphatic heterocycles. The maximum Gasteiger partial charge on any atom is 0.243 e. The van der Waals surface area contributed by atoms with E-state index in [0.717, 1.165) is 28.7 Å². The van der Waals surface area contributed by atoms with Gasteiger partial charge < -0.3 is 10.2 Å². The van der Waals surface area contributed by atoms with Gasteiger partial charge >= 0.3 is 0 Å². The summed E-state index contributed by atoms with van der Waals surface area (Å²) in [5.41, 5.74) is 3.75. The summed E-state index contributed by atoms with van der Waals surface area (Å²) in [5, 5.41) is 3.06. The van der Waals surface area contributed by atoms with Crippen molar-refractivity contribution in [1.82, 2.24) is 10.2 Å². The van der Waals surface area contributed by atoms with Crippen LogP contribution < -0.4 is 5.32 Å². The lowest BCUT2D eigenvalue weighted by molar-refractivity contribution is -0.141. The molecule has 4 nitrogen and oxygen atoms in total. The predicted molar refractivity (Wildman–Crippen MR) is 134 cm³/mol. The topological polar surface area (TPSA) is 49.4 Å². The molecule has 0 fully saturated rings. The van der Waals surface area contributed by atoms with Crippen molar-refractivity contribution in [3.8, 4) is 0 Å². The summed E-state index contributed by atoms with van der Waals surface area (Å²) in [7, 11) is 0. The standard InChI is InChI=1S/C29H33FN2O2/c1-4-22(3)31-29(34)27(18-23-8-6-5-7-9-23)32(20-25-14-16-26(30)17-15-25)28(33)19-24-12-10-21(2)11-13-24/h5-17,22,27H,4,18-20H2,1-3H3,(H,31,34)/t22-,27+/m1/s1. The van der Waals surface area contributed by atoms with Crippen molar-refractivity contribution in [2.24, 2.45) is 0 Å². The molecule has 3 aromatic carbocycles. The molecule has 5 heteroatoms. The molecule has 0 radical (unpaired) electrons. The normalized spacial score (nSPS) is 12.6. The second kappa shape index (κ2) is 12.1. The zero-order valence-corrected chi connectivity index (χ0v) is 20.1. The van der Waals surface area contributed by atoms with Gasteiger partial charge in [0.1, 0.15) is 11.9 Å². The molecular formula is C29H33FN2O2. The van der Waals surface area contributed by atoms with Gasteiger partial charge in [-0.3, -0.25) is 9.59 Å². The lowest BCUT2D eigenvalue weighted by atomic mass is 10.0. The Morgan fingerprint density at radius 1 is 0.882 bits per heavy atom. The second-order valence-corrected chi connectivity index (χ2v) is 8.83. The van der Waals surface area contributed by atoms with Gasteiger partial charge in [0.2, 0.25) is 11.8 Å². The molecule has 1 N–H and O–H groups in total. The number of amides is 2. The molecule has 0 saturated carbocycles. The van der Waals surface area contributed by atoms with Crippen molar-refractivity contribution in [1.29, 1.82) is 0 Å². The summed E-state index contributed by atoms with van der Waals surface area (Å²) in [6, 6.07) is 22.9. The van der Waals surface area contributed by atoms with Gasteiger partial charge in [0, 0.05) is 19.0 Å². The summed E-state index contributed by atoms with van der Waals surface area (Å²) in [5.74, 6) is -0.664. The minimum atomic E-state index is -0.695. The van der Waals surface area contributed by atoms with Crippen LogP contribution in [0.15, 0.2) is 78.9 Å². The molecule has 0 bridgehead atoms. The van der Waals surface area contributed by atoms with E-state index in [4.69, 9.17) is 0 Å². The van der Waals surface area contributed by atoms with E-state index >= 15 is 0 Å². The molecule has 34 heavy (non-hydrogen) atoms. The first-order chi connectivity index (χ1) is 16.4. The molecule has 0 unspecified atom stereocenters. The van der Waals surface area contributed by atoms with Crippen molar-refractivity contribution in [3.05, 3.63) is 107 Å². The third-order valence-electron chi connectivity index (χ3n) is 6.01. The van der Waals surface area contributed by atoms with E-state index in [2.05, 4.69) is 5.32 Å². The Kier molecular flexibility index (Phi) is 8.97. The van der Waals surface area contributed by atoms with Crippen molar-refractivity contribution >= 4 is 11.8 Å². The van der Waals surface area contributed by atoms with E-state index in [1.54, 1.807) is 17.0 Å². The highest BCUT2D eigenvalue weighted by Gasteiger charge is 2.31. The number of carbonyl (C=O) groups is 2. The minimum absolute atomic E-state index is 0.00866. The van der Waals surface area contributed by atoms with Crippen molar-refractivity contribution in [3.63, 3.8) is 0 Å². The number of carbonyl (C=O) groups excluding carboxylic acids is 2. The summed E-state index contributed by atoms with van der Waals surface area (Å²) >= 11 is 0. The van der Waals surface area contributed by atoms with Crippen LogP contribution in [0.3, 0.4) is 0 Å². The van der Waals surface area contributed by atoms with Gasteiger partial charge in [-0.05, 0) is 49.1 Å². The predicted octanol–water partition coefficient (Wildman–Crippen LogP) is 5.23. The first-order valence-electron chi connectivity index (χ1n) is 11.8. The fourth-order valence-corrected chi connectivity index (χ4v) is 3.76. The number of hydrogen-bond donors (Lipinski definition) is 1. The third-order valence-corrected chi connectivity index (χ3v) is 6.01. The Bertz CT molecular complexity index is 1070. The zero-order valence-electron chi connectivity index (χ0n) is 20.1.